The fraction of sp³-hybridized carbons (Fsp3) is 0.500. The molecule has 0 aromatic heterocycles. The summed E-state index contributed by atoms with van der Waals surface area (Å²) in [6, 6.07) is 0. The molecule has 0 rings (SSSR count). The zero-order valence-electron chi connectivity index (χ0n) is 6.72. The molecule has 0 aromatic rings. The molecule has 0 aliphatic carbocycles. The molecule has 56 valence electrons. The molecule has 0 N–H and O–H groups in total. The molecule has 0 aliphatic rings. The molecule has 0 heterocycles. The Morgan fingerprint density at radius 1 is 1.50 bits per heavy atom. The van der Waals surface area contributed by atoms with Gasteiger partial charge < -0.3 is 0 Å². The van der Waals surface area contributed by atoms with E-state index in [2.05, 4.69) is 30.2 Å². The van der Waals surface area contributed by atoms with Gasteiger partial charge in [0.2, 0.25) is 0 Å². The highest BCUT2D eigenvalue weighted by atomic mass is 14.9. The first-order chi connectivity index (χ1) is 4.70. The highest BCUT2D eigenvalue weighted by Gasteiger charge is 1.90. The molecule has 0 amide bonds. The summed E-state index contributed by atoms with van der Waals surface area (Å²) < 4.78 is 0. The fourth-order valence-corrected chi connectivity index (χ4v) is 0.614. The average Bonchev–Trinajstić information content (AvgIpc) is 1.86. The number of aliphatic imine (C=N–C) groups is 2. The van der Waals surface area contributed by atoms with Crippen molar-refractivity contribution < 1.29 is 0 Å². The standard InChI is InChI=1S/C8H14N2/c1-5-6-8(9-4)10-7(2)3/h2,4-6H2,1,3H3. The quantitative estimate of drug-likeness (QED) is 0.422. The lowest BCUT2D eigenvalue weighted by Crippen LogP contribution is -1.91. The Morgan fingerprint density at radius 2 is 2.10 bits per heavy atom. The van der Waals surface area contributed by atoms with Crippen LogP contribution in [0.3, 0.4) is 0 Å². The Labute approximate surface area is 62.4 Å². The highest BCUT2D eigenvalue weighted by molar-refractivity contribution is 5.86. The predicted octanol–water partition coefficient (Wildman–Crippen LogP) is 2.42. The molecule has 0 unspecified atom stereocenters. The van der Waals surface area contributed by atoms with Gasteiger partial charge in [-0.3, -0.25) is 0 Å². The van der Waals surface area contributed by atoms with Gasteiger partial charge in [-0.2, -0.15) is 0 Å². The second-order valence-corrected chi connectivity index (χ2v) is 2.17. The second-order valence-electron chi connectivity index (χ2n) is 2.17. The van der Waals surface area contributed by atoms with E-state index in [4.69, 9.17) is 0 Å². The molecule has 0 aliphatic heterocycles. The van der Waals surface area contributed by atoms with Crippen LogP contribution in [0.5, 0.6) is 0 Å². The number of hydrogen-bond acceptors (Lipinski definition) is 1. The minimum absolute atomic E-state index is 0.787. The Bertz CT molecular complexity index is 157. The molecule has 2 nitrogen and oxygen atoms in total. The van der Waals surface area contributed by atoms with Crippen molar-refractivity contribution in [3.8, 4) is 0 Å². The first-order valence-corrected chi connectivity index (χ1v) is 3.40. The molecule has 10 heavy (non-hydrogen) atoms. The van der Waals surface area contributed by atoms with Gasteiger partial charge in [-0.05, 0) is 20.1 Å². The van der Waals surface area contributed by atoms with Crippen LogP contribution in [0.4, 0.5) is 0 Å². The van der Waals surface area contributed by atoms with Crippen LogP contribution in [0.25, 0.3) is 0 Å². The van der Waals surface area contributed by atoms with Crippen LogP contribution in [0.15, 0.2) is 22.3 Å². The van der Waals surface area contributed by atoms with Gasteiger partial charge in [0.1, 0.15) is 5.84 Å². The van der Waals surface area contributed by atoms with E-state index in [-0.39, 0.29) is 0 Å². The Hall–Kier alpha value is -0.920. The Morgan fingerprint density at radius 3 is 2.40 bits per heavy atom. The summed E-state index contributed by atoms with van der Waals surface area (Å²) in [7, 11) is 0. The van der Waals surface area contributed by atoms with Crippen molar-refractivity contribution in [3.05, 3.63) is 12.3 Å². The van der Waals surface area contributed by atoms with Crippen molar-refractivity contribution >= 4 is 12.6 Å². The predicted molar refractivity (Wildman–Crippen MR) is 46.7 cm³/mol. The van der Waals surface area contributed by atoms with Crippen LogP contribution in [0.1, 0.15) is 26.7 Å². The van der Waals surface area contributed by atoms with Crippen molar-refractivity contribution in [1.82, 2.24) is 0 Å². The maximum Gasteiger partial charge on any atom is 0.127 e. The summed E-state index contributed by atoms with van der Waals surface area (Å²) in [4.78, 5) is 7.84. The van der Waals surface area contributed by atoms with E-state index in [9.17, 15) is 0 Å². The first kappa shape index (κ1) is 9.08. The average molecular weight is 138 g/mol. The number of amidine groups is 1. The summed E-state index contributed by atoms with van der Waals surface area (Å²) >= 11 is 0. The van der Waals surface area contributed by atoms with Gasteiger partial charge in [-0.15, -0.1) is 0 Å². The molecule has 0 saturated carbocycles. The topological polar surface area (TPSA) is 24.7 Å². The number of rotatable bonds is 3. The summed E-state index contributed by atoms with van der Waals surface area (Å²) in [6.45, 7) is 11.0. The third-order valence-corrected chi connectivity index (χ3v) is 0.976. The van der Waals surface area contributed by atoms with Gasteiger partial charge >= 0.3 is 0 Å². The SMILES string of the molecule is C=NC(CCC)=NC(=C)C. The lowest BCUT2D eigenvalue weighted by molar-refractivity contribution is 0.980. The van der Waals surface area contributed by atoms with Gasteiger partial charge in [0.25, 0.3) is 0 Å². The van der Waals surface area contributed by atoms with Gasteiger partial charge in [-0.25, -0.2) is 9.98 Å². The summed E-state index contributed by atoms with van der Waals surface area (Å²) in [5.41, 5.74) is 0.788. The molecule has 2 heteroatoms. The van der Waals surface area contributed by atoms with Crippen LogP contribution in [-0.2, 0) is 0 Å². The highest BCUT2D eigenvalue weighted by Crippen LogP contribution is 1.97. The molecule has 0 saturated heterocycles. The van der Waals surface area contributed by atoms with Gasteiger partial charge in [0.15, 0.2) is 0 Å². The molecule has 0 spiro atoms. The maximum absolute atomic E-state index is 4.08. The summed E-state index contributed by atoms with van der Waals surface area (Å²) in [5, 5.41) is 0. The van der Waals surface area contributed by atoms with E-state index >= 15 is 0 Å². The smallest absolute Gasteiger partial charge is 0.127 e. The second kappa shape index (κ2) is 4.91. The van der Waals surface area contributed by atoms with Gasteiger partial charge in [0.05, 0.1) is 0 Å². The van der Waals surface area contributed by atoms with Crippen molar-refractivity contribution in [1.29, 1.82) is 0 Å². The lowest BCUT2D eigenvalue weighted by Gasteiger charge is -1.95. The minimum atomic E-state index is 0.787. The zero-order valence-corrected chi connectivity index (χ0v) is 6.72. The normalized spacial score (nSPS) is 11.2. The van der Waals surface area contributed by atoms with Crippen LogP contribution in [0, 0.1) is 0 Å². The molecule has 0 radical (unpaired) electrons. The van der Waals surface area contributed by atoms with Crippen LogP contribution in [0.2, 0.25) is 0 Å². The van der Waals surface area contributed by atoms with E-state index in [1.54, 1.807) is 0 Å². The van der Waals surface area contributed by atoms with Crippen molar-refractivity contribution in [3.63, 3.8) is 0 Å². The van der Waals surface area contributed by atoms with Crippen molar-refractivity contribution in [2.75, 3.05) is 0 Å². The zero-order chi connectivity index (χ0) is 7.98. The number of nitrogens with zero attached hydrogens (tertiary/aromatic N) is 2. The Balaban J connectivity index is 4.03. The lowest BCUT2D eigenvalue weighted by atomic mass is 10.3. The minimum Gasteiger partial charge on any atom is -0.249 e. The molecule has 0 aromatic carbocycles. The van der Waals surface area contributed by atoms with E-state index in [1.165, 1.54) is 0 Å². The molecule has 0 bridgehead atoms. The van der Waals surface area contributed by atoms with Crippen LogP contribution < -0.4 is 0 Å². The third kappa shape index (κ3) is 4.01. The largest absolute Gasteiger partial charge is 0.249 e. The van der Waals surface area contributed by atoms with E-state index in [1.807, 2.05) is 6.92 Å². The first-order valence-electron chi connectivity index (χ1n) is 3.40. The maximum atomic E-state index is 4.08. The Kier molecular flexibility index (Phi) is 4.46. The summed E-state index contributed by atoms with van der Waals surface area (Å²) in [5.74, 6) is 0.787. The van der Waals surface area contributed by atoms with E-state index in [0.717, 1.165) is 24.4 Å². The van der Waals surface area contributed by atoms with Gasteiger partial charge in [-0.1, -0.05) is 13.5 Å². The molecular weight excluding hydrogens is 124 g/mol. The fourth-order valence-electron chi connectivity index (χ4n) is 0.614. The van der Waals surface area contributed by atoms with E-state index in [0.29, 0.717) is 0 Å². The molecule has 0 fully saturated rings. The summed E-state index contributed by atoms with van der Waals surface area (Å²) in [6.07, 6.45) is 1.93. The monoisotopic (exact) mass is 138 g/mol. The molecular formula is C8H14N2. The number of allylic oxidation sites excluding steroid dienone is 1. The van der Waals surface area contributed by atoms with Crippen molar-refractivity contribution in [2.24, 2.45) is 9.98 Å². The van der Waals surface area contributed by atoms with Crippen LogP contribution >= 0.6 is 0 Å². The van der Waals surface area contributed by atoms with Crippen molar-refractivity contribution in [2.45, 2.75) is 26.7 Å². The van der Waals surface area contributed by atoms with E-state index < -0.39 is 0 Å². The number of hydrogen-bond donors (Lipinski definition) is 0. The molecule has 0 atom stereocenters. The van der Waals surface area contributed by atoms with Crippen LogP contribution in [-0.4, -0.2) is 12.6 Å². The third-order valence-electron chi connectivity index (χ3n) is 0.976. The van der Waals surface area contributed by atoms with Gasteiger partial charge in [0, 0.05) is 12.1 Å².